The van der Waals surface area contributed by atoms with Crippen molar-refractivity contribution < 1.29 is 19.1 Å². The third-order valence-corrected chi connectivity index (χ3v) is 5.33. The molecule has 2 aromatic rings. The molecule has 1 aromatic heterocycles. The summed E-state index contributed by atoms with van der Waals surface area (Å²) in [5, 5.41) is 0. The maximum absolute atomic E-state index is 13.3. The summed E-state index contributed by atoms with van der Waals surface area (Å²) in [4.78, 5) is 34.0. The SMILES string of the molecule is Cc1cccc(C(=O)N2C[C@@H](Oc3cccnc3)C[C@H]2C(=O)N2CCOCC2)c1. The molecule has 2 aliphatic heterocycles. The zero-order valence-electron chi connectivity index (χ0n) is 16.5. The Hall–Kier alpha value is -2.93. The number of morpholine rings is 1. The van der Waals surface area contributed by atoms with Crippen LogP contribution >= 0.6 is 0 Å². The Morgan fingerprint density at radius 1 is 1.17 bits per heavy atom. The van der Waals surface area contributed by atoms with Crippen molar-refractivity contribution in [1.82, 2.24) is 14.8 Å². The molecule has 1 aromatic carbocycles. The number of hydrogen-bond donors (Lipinski definition) is 0. The van der Waals surface area contributed by atoms with Crippen molar-refractivity contribution in [3.05, 3.63) is 59.9 Å². The van der Waals surface area contributed by atoms with Gasteiger partial charge in [-0.1, -0.05) is 17.7 Å². The number of pyridine rings is 1. The van der Waals surface area contributed by atoms with Gasteiger partial charge in [0.15, 0.2) is 0 Å². The molecule has 0 aliphatic carbocycles. The van der Waals surface area contributed by atoms with E-state index in [1.54, 1.807) is 34.3 Å². The highest BCUT2D eigenvalue weighted by Gasteiger charge is 2.43. The molecule has 2 aliphatic rings. The lowest BCUT2D eigenvalue weighted by molar-refractivity contribution is -0.139. The van der Waals surface area contributed by atoms with Gasteiger partial charge in [-0.05, 0) is 31.2 Å². The van der Waals surface area contributed by atoms with E-state index >= 15 is 0 Å². The van der Waals surface area contributed by atoms with E-state index in [0.29, 0.717) is 50.6 Å². The monoisotopic (exact) mass is 395 g/mol. The number of nitrogens with zero attached hydrogens (tertiary/aromatic N) is 3. The van der Waals surface area contributed by atoms with E-state index in [0.717, 1.165) is 5.56 Å². The summed E-state index contributed by atoms with van der Waals surface area (Å²) in [7, 11) is 0. The Kier molecular flexibility index (Phi) is 5.76. The predicted octanol–water partition coefficient (Wildman–Crippen LogP) is 1.91. The van der Waals surface area contributed by atoms with Crippen LogP contribution in [0.5, 0.6) is 5.75 Å². The number of likely N-dealkylation sites (tertiary alicyclic amines) is 1. The number of ether oxygens (including phenoxy) is 2. The van der Waals surface area contributed by atoms with E-state index < -0.39 is 6.04 Å². The lowest BCUT2D eigenvalue weighted by atomic mass is 10.1. The van der Waals surface area contributed by atoms with Crippen LogP contribution in [0.1, 0.15) is 22.3 Å². The Balaban J connectivity index is 1.56. The fourth-order valence-corrected chi connectivity index (χ4v) is 3.89. The summed E-state index contributed by atoms with van der Waals surface area (Å²) in [5.74, 6) is 0.462. The molecular formula is C22H25N3O4. The summed E-state index contributed by atoms with van der Waals surface area (Å²) in [5.41, 5.74) is 1.60. The van der Waals surface area contributed by atoms with Crippen LogP contribution in [0.15, 0.2) is 48.8 Å². The smallest absolute Gasteiger partial charge is 0.254 e. The predicted molar refractivity (Wildman–Crippen MR) is 107 cm³/mol. The van der Waals surface area contributed by atoms with Gasteiger partial charge in [-0.25, -0.2) is 0 Å². The van der Waals surface area contributed by atoms with E-state index in [1.165, 1.54) is 0 Å². The minimum absolute atomic E-state index is 0.0356. The zero-order chi connectivity index (χ0) is 20.2. The fourth-order valence-electron chi connectivity index (χ4n) is 3.89. The van der Waals surface area contributed by atoms with E-state index in [2.05, 4.69) is 4.98 Å². The summed E-state index contributed by atoms with van der Waals surface area (Å²) in [6.45, 7) is 4.47. The van der Waals surface area contributed by atoms with Crippen LogP contribution in [0.25, 0.3) is 0 Å². The molecule has 2 amide bonds. The normalized spacial score (nSPS) is 21.8. The van der Waals surface area contributed by atoms with Crippen molar-refractivity contribution >= 4 is 11.8 Å². The van der Waals surface area contributed by atoms with Crippen LogP contribution in [-0.4, -0.2) is 71.6 Å². The number of aromatic nitrogens is 1. The summed E-state index contributed by atoms with van der Waals surface area (Å²) >= 11 is 0. The average Bonchev–Trinajstić information content (AvgIpc) is 3.17. The van der Waals surface area contributed by atoms with Crippen molar-refractivity contribution in [2.24, 2.45) is 0 Å². The highest BCUT2D eigenvalue weighted by Crippen LogP contribution is 2.26. The highest BCUT2D eigenvalue weighted by molar-refractivity contribution is 5.98. The molecule has 0 spiro atoms. The zero-order valence-corrected chi connectivity index (χ0v) is 16.5. The highest BCUT2D eigenvalue weighted by atomic mass is 16.5. The number of carbonyl (C=O) groups is 2. The van der Waals surface area contributed by atoms with E-state index in [1.807, 2.05) is 31.2 Å². The number of amides is 2. The van der Waals surface area contributed by atoms with Crippen LogP contribution < -0.4 is 4.74 Å². The van der Waals surface area contributed by atoms with Gasteiger partial charge in [-0.15, -0.1) is 0 Å². The summed E-state index contributed by atoms with van der Waals surface area (Å²) in [6, 6.07) is 10.6. The van der Waals surface area contributed by atoms with Crippen molar-refractivity contribution in [2.75, 3.05) is 32.8 Å². The first-order valence-corrected chi connectivity index (χ1v) is 9.92. The second kappa shape index (κ2) is 8.61. The second-order valence-electron chi connectivity index (χ2n) is 7.44. The van der Waals surface area contributed by atoms with Gasteiger partial charge in [0.2, 0.25) is 5.91 Å². The first-order chi connectivity index (χ1) is 14.1. The molecular weight excluding hydrogens is 370 g/mol. The Labute approximate surface area is 170 Å². The van der Waals surface area contributed by atoms with E-state index in [9.17, 15) is 9.59 Å². The molecule has 2 atom stereocenters. The standard InChI is InChI=1S/C22H25N3O4/c1-16-4-2-5-17(12-16)21(26)25-15-19(29-18-6-3-7-23-14-18)13-20(25)22(27)24-8-10-28-11-9-24/h2-7,12,14,19-20H,8-11,13,15H2,1H3/t19-,20-/m0/s1. The van der Waals surface area contributed by atoms with Gasteiger partial charge in [0.05, 0.1) is 26.0 Å². The van der Waals surface area contributed by atoms with Crippen LogP contribution in [0.2, 0.25) is 0 Å². The van der Waals surface area contributed by atoms with Gasteiger partial charge < -0.3 is 19.3 Å². The van der Waals surface area contributed by atoms with Crippen molar-refractivity contribution in [1.29, 1.82) is 0 Å². The number of benzene rings is 1. The topological polar surface area (TPSA) is 72.0 Å². The molecule has 0 bridgehead atoms. The molecule has 0 N–H and O–H groups in total. The number of carbonyl (C=O) groups excluding carboxylic acids is 2. The molecule has 29 heavy (non-hydrogen) atoms. The first kappa shape index (κ1) is 19.4. The molecule has 7 nitrogen and oxygen atoms in total. The molecule has 0 unspecified atom stereocenters. The van der Waals surface area contributed by atoms with Gasteiger partial charge in [0, 0.05) is 31.3 Å². The minimum atomic E-state index is -0.539. The molecule has 0 radical (unpaired) electrons. The van der Waals surface area contributed by atoms with Gasteiger partial charge in [-0.3, -0.25) is 14.6 Å². The van der Waals surface area contributed by atoms with Crippen LogP contribution in [0.3, 0.4) is 0 Å². The van der Waals surface area contributed by atoms with Crippen LogP contribution in [0.4, 0.5) is 0 Å². The van der Waals surface area contributed by atoms with E-state index in [-0.39, 0.29) is 17.9 Å². The maximum Gasteiger partial charge on any atom is 0.254 e. The molecule has 152 valence electrons. The third kappa shape index (κ3) is 4.40. The van der Waals surface area contributed by atoms with Gasteiger partial charge in [0.25, 0.3) is 5.91 Å². The van der Waals surface area contributed by atoms with Crippen LogP contribution in [-0.2, 0) is 9.53 Å². The van der Waals surface area contributed by atoms with Crippen molar-refractivity contribution in [3.8, 4) is 5.75 Å². The quantitative estimate of drug-likeness (QED) is 0.791. The lowest BCUT2D eigenvalue weighted by Crippen LogP contribution is -2.51. The molecule has 2 fully saturated rings. The molecule has 4 rings (SSSR count). The summed E-state index contributed by atoms with van der Waals surface area (Å²) in [6.07, 6.45) is 3.52. The first-order valence-electron chi connectivity index (χ1n) is 9.92. The number of aryl methyl sites for hydroxylation is 1. The van der Waals surface area contributed by atoms with Crippen molar-refractivity contribution in [2.45, 2.75) is 25.5 Å². The fraction of sp³-hybridized carbons (Fsp3) is 0.409. The van der Waals surface area contributed by atoms with Crippen molar-refractivity contribution in [3.63, 3.8) is 0 Å². The maximum atomic E-state index is 13.3. The van der Waals surface area contributed by atoms with Gasteiger partial charge >= 0.3 is 0 Å². The van der Waals surface area contributed by atoms with Gasteiger partial charge in [0.1, 0.15) is 17.9 Å². The number of rotatable bonds is 4. The summed E-state index contributed by atoms with van der Waals surface area (Å²) < 4.78 is 11.4. The Bertz CT molecular complexity index is 867. The molecule has 3 heterocycles. The number of hydrogen-bond acceptors (Lipinski definition) is 5. The van der Waals surface area contributed by atoms with Gasteiger partial charge in [-0.2, -0.15) is 0 Å². The molecule has 0 saturated carbocycles. The molecule has 7 heteroatoms. The average molecular weight is 395 g/mol. The second-order valence-corrected chi connectivity index (χ2v) is 7.44. The minimum Gasteiger partial charge on any atom is -0.487 e. The third-order valence-electron chi connectivity index (χ3n) is 5.33. The Morgan fingerprint density at radius 3 is 2.72 bits per heavy atom. The van der Waals surface area contributed by atoms with Crippen LogP contribution in [0, 0.1) is 6.92 Å². The largest absolute Gasteiger partial charge is 0.487 e. The lowest BCUT2D eigenvalue weighted by Gasteiger charge is -2.32. The van der Waals surface area contributed by atoms with E-state index in [4.69, 9.17) is 9.47 Å². The molecule has 2 saturated heterocycles. The Morgan fingerprint density at radius 2 is 2.00 bits per heavy atom.